The molecule has 0 radical (unpaired) electrons. The SMILES string of the molecule is C=C(/C=C(\N=C/C)n1ncnc1Nc1cc(C)ccc1C)NC1CCN(C)CC1.CCCC.O=CNc1cccc(C(F)(F)F)c1. The number of alkyl halides is 3. The summed E-state index contributed by atoms with van der Waals surface area (Å²) in [6, 6.07) is 11.1. The molecule has 12 heteroatoms. The summed E-state index contributed by atoms with van der Waals surface area (Å²) in [6.07, 6.45) is 6.01. The summed E-state index contributed by atoms with van der Waals surface area (Å²) in [5, 5.41) is 13.4. The molecule has 0 spiro atoms. The van der Waals surface area contributed by atoms with Gasteiger partial charge < -0.3 is 20.9 Å². The molecule has 1 saturated heterocycles. The first kappa shape index (κ1) is 37.7. The lowest BCUT2D eigenvalue weighted by molar-refractivity contribution is -0.137. The van der Waals surface area contributed by atoms with Crippen LogP contribution in [0.2, 0.25) is 0 Å². The highest BCUT2D eigenvalue weighted by Crippen LogP contribution is 2.30. The van der Waals surface area contributed by atoms with Crippen molar-refractivity contribution >= 4 is 35.8 Å². The lowest BCUT2D eigenvalue weighted by Gasteiger charge is -2.30. The number of aliphatic imine (C=N–C) groups is 1. The van der Waals surface area contributed by atoms with Crippen molar-refractivity contribution in [3.8, 4) is 0 Å². The molecule has 2 aromatic carbocycles. The van der Waals surface area contributed by atoms with E-state index in [9.17, 15) is 18.0 Å². The molecule has 1 fully saturated rings. The van der Waals surface area contributed by atoms with Gasteiger partial charge in [0.1, 0.15) is 6.33 Å². The van der Waals surface area contributed by atoms with Crippen molar-refractivity contribution in [2.45, 2.75) is 72.5 Å². The van der Waals surface area contributed by atoms with E-state index in [-0.39, 0.29) is 5.69 Å². The molecule has 4 rings (SSSR count). The maximum absolute atomic E-state index is 12.1. The average molecular weight is 641 g/mol. The van der Waals surface area contributed by atoms with Crippen LogP contribution < -0.4 is 16.0 Å². The molecule has 1 aliphatic heterocycles. The van der Waals surface area contributed by atoms with Crippen LogP contribution in [0.4, 0.5) is 30.5 Å². The zero-order valence-corrected chi connectivity index (χ0v) is 27.7. The minimum Gasteiger partial charge on any atom is -0.383 e. The molecule has 3 N–H and O–H groups in total. The number of benzene rings is 2. The zero-order valence-electron chi connectivity index (χ0n) is 27.7. The lowest BCUT2D eigenvalue weighted by Crippen LogP contribution is -2.40. The van der Waals surface area contributed by atoms with Crippen LogP contribution in [0.1, 0.15) is 63.1 Å². The Labute approximate surface area is 270 Å². The van der Waals surface area contributed by atoms with Crippen LogP contribution in [0.15, 0.2) is 72.1 Å². The summed E-state index contributed by atoms with van der Waals surface area (Å²) in [7, 11) is 2.16. The maximum Gasteiger partial charge on any atom is 0.416 e. The fourth-order valence-corrected chi connectivity index (χ4v) is 4.24. The van der Waals surface area contributed by atoms with E-state index in [2.05, 4.69) is 95.4 Å². The number of piperidine rings is 1. The zero-order chi connectivity index (χ0) is 34.1. The molecule has 9 nitrogen and oxygen atoms in total. The summed E-state index contributed by atoms with van der Waals surface area (Å²) in [4.78, 5) is 21.2. The van der Waals surface area contributed by atoms with Gasteiger partial charge >= 0.3 is 6.18 Å². The largest absolute Gasteiger partial charge is 0.416 e. The summed E-state index contributed by atoms with van der Waals surface area (Å²) in [5.41, 5.74) is 3.50. The van der Waals surface area contributed by atoms with E-state index in [0.717, 1.165) is 55.0 Å². The molecule has 0 saturated carbocycles. The molecule has 2 heterocycles. The Bertz CT molecular complexity index is 1440. The number of nitrogens with zero attached hydrogens (tertiary/aromatic N) is 5. The van der Waals surface area contributed by atoms with Crippen molar-refractivity contribution in [3.63, 3.8) is 0 Å². The van der Waals surface area contributed by atoms with E-state index >= 15 is 0 Å². The highest BCUT2D eigenvalue weighted by Gasteiger charge is 2.30. The molecule has 1 aromatic heterocycles. The fraction of sp³-hybridized carbons (Fsp3) is 0.412. The Morgan fingerprint density at radius 1 is 1.11 bits per heavy atom. The molecule has 0 aliphatic carbocycles. The number of allylic oxidation sites excluding steroid dienone is 1. The van der Waals surface area contributed by atoms with Gasteiger partial charge in [-0.3, -0.25) is 4.79 Å². The van der Waals surface area contributed by atoms with Crippen molar-refractivity contribution in [3.05, 3.63) is 83.8 Å². The van der Waals surface area contributed by atoms with Crippen molar-refractivity contribution in [2.75, 3.05) is 30.8 Å². The first-order chi connectivity index (χ1) is 21.9. The summed E-state index contributed by atoms with van der Waals surface area (Å²) >= 11 is 0. The number of likely N-dealkylation sites (tertiary alicyclic amines) is 1. The minimum absolute atomic E-state index is 0.129. The van der Waals surface area contributed by atoms with Crippen LogP contribution >= 0.6 is 0 Å². The van der Waals surface area contributed by atoms with Crippen LogP contribution in [-0.4, -0.2) is 58.5 Å². The van der Waals surface area contributed by atoms with Gasteiger partial charge in [-0.15, -0.1) is 0 Å². The van der Waals surface area contributed by atoms with Gasteiger partial charge in [0.15, 0.2) is 5.82 Å². The summed E-state index contributed by atoms with van der Waals surface area (Å²) in [6.45, 7) is 16.8. The first-order valence-electron chi connectivity index (χ1n) is 15.4. The van der Waals surface area contributed by atoms with Crippen molar-refractivity contribution in [1.29, 1.82) is 0 Å². The number of rotatable bonds is 10. The van der Waals surface area contributed by atoms with Crippen LogP contribution in [0.5, 0.6) is 0 Å². The van der Waals surface area contributed by atoms with Crippen LogP contribution in [0.3, 0.4) is 0 Å². The molecule has 46 heavy (non-hydrogen) atoms. The quantitative estimate of drug-likeness (QED) is 0.119. The van der Waals surface area contributed by atoms with Gasteiger partial charge in [0.25, 0.3) is 0 Å². The number of amides is 1. The number of hydrogen-bond donors (Lipinski definition) is 3. The lowest BCUT2D eigenvalue weighted by atomic mass is 10.1. The molecule has 250 valence electrons. The molecule has 1 aliphatic rings. The van der Waals surface area contributed by atoms with Gasteiger partial charge in [-0.25, -0.2) is 4.99 Å². The average Bonchev–Trinajstić information content (AvgIpc) is 3.48. The molecule has 3 aromatic rings. The van der Waals surface area contributed by atoms with Crippen molar-refractivity contribution < 1.29 is 18.0 Å². The Balaban J connectivity index is 0.000000359. The highest BCUT2D eigenvalue weighted by molar-refractivity contribution is 5.71. The van der Waals surface area contributed by atoms with Gasteiger partial charge in [0.05, 0.1) is 5.56 Å². The standard InChI is InChI=1S/C22H31N7.C8H6F3NO.C4H10/c1-6-23-21(14-18(4)26-19-9-11-28(5)12-10-19)29-22(24-15-25-29)27-20-13-16(2)7-8-17(20)3;9-8(10,11)6-2-1-3-7(4-6)12-5-13;1-3-4-2/h6-8,13-15,19,26H,4,9-12H2,1-3,5H3,(H,24,25,27);1-5H,(H,12,13);3-4H2,1-2H3/b21-14+,23-6-;;. The van der Waals surface area contributed by atoms with Gasteiger partial charge in [-0.1, -0.05) is 51.5 Å². The van der Waals surface area contributed by atoms with Gasteiger partial charge in [0, 0.05) is 35.4 Å². The molecular weight excluding hydrogens is 593 g/mol. The van der Waals surface area contributed by atoms with Crippen molar-refractivity contribution in [1.82, 2.24) is 25.0 Å². The van der Waals surface area contributed by atoms with E-state index in [4.69, 9.17) is 0 Å². The fourth-order valence-electron chi connectivity index (χ4n) is 4.24. The van der Waals surface area contributed by atoms with Crippen LogP contribution in [0, 0.1) is 13.8 Å². The smallest absolute Gasteiger partial charge is 0.383 e. The number of halogens is 3. The van der Waals surface area contributed by atoms with Gasteiger partial charge in [0.2, 0.25) is 12.4 Å². The van der Waals surface area contributed by atoms with E-state index < -0.39 is 11.7 Å². The predicted molar refractivity (Wildman–Crippen MR) is 182 cm³/mol. The number of nitrogens with one attached hydrogen (secondary N) is 3. The molecule has 1 amide bonds. The number of hydrogen-bond acceptors (Lipinski definition) is 7. The minimum atomic E-state index is -4.37. The molecule has 0 bridgehead atoms. The number of aryl methyl sites for hydroxylation is 2. The first-order valence-corrected chi connectivity index (χ1v) is 15.4. The third kappa shape index (κ3) is 12.9. The Morgan fingerprint density at radius 2 is 1.80 bits per heavy atom. The molecule has 0 atom stereocenters. The van der Waals surface area contributed by atoms with Gasteiger partial charge in [-0.05, 0) is 89.1 Å². The second-order valence-corrected chi connectivity index (χ2v) is 10.9. The Morgan fingerprint density at radius 3 is 2.41 bits per heavy atom. The number of aromatic nitrogens is 3. The normalized spacial score (nSPS) is 14.1. The third-order valence-corrected chi connectivity index (χ3v) is 6.99. The number of anilines is 3. The Kier molecular flexibility index (Phi) is 15.7. The van der Waals surface area contributed by atoms with Crippen LogP contribution in [-0.2, 0) is 11.0 Å². The number of carbonyl (C=O) groups is 1. The van der Waals surface area contributed by atoms with Crippen molar-refractivity contribution in [2.24, 2.45) is 4.99 Å². The Hall–Kier alpha value is -4.45. The van der Waals surface area contributed by atoms with E-state index in [1.807, 2.05) is 13.0 Å². The van der Waals surface area contributed by atoms with E-state index in [0.29, 0.717) is 24.2 Å². The topological polar surface area (TPSA) is 99.5 Å². The summed E-state index contributed by atoms with van der Waals surface area (Å²) in [5.74, 6) is 1.27. The number of carbonyl (C=O) groups excluding carboxylic acids is 1. The third-order valence-electron chi connectivity index (χ3n) is 6.99. The van der Waals surface area contributed by atoms with Gasteiger partial charge in [-0.2, -0.15) is 27.9 Å². The monoisotopic (exact) mass is 640 g/mol. The summed E-state index contributed by atoms with van der Waals surface area (Å²) < 4.78 is 38.0. The second kappa shape index (κ2) is 19.2. The van der Waals surface area contributed by atoms with Crippen LogP contribution in [0.25, 0.3) is 5.82 Å². The van der Waals surface area contributed by atoms with E-state index in [1.165, 1.54) is 36.9 Å². The maximum atomic E-state index is 12.1. The van der Waals surface area contributed by atoms with E-state index in [1.54, 1.807) is 10.9 Å². The highest BCUT2D eigenvalue weighted by atomic mass is 19.4. The number of unbranched alkanes of at least 4 members (excludes halogenated alkanes) is 1. The molecule has 0 unspecified atom stereocenters. The predicted octanol–water partition coefficient (Wildman–Crippen LogP) is 7.81. The second-order valence-electron chi connectivity index (χ2n) is 10.9. The molecular formula is C34H47F3N8O.